The molecule has 21 heteroatoms. The summed E-state index contributed by atoms with van der Waals surface area (Å²) >= 11 is 0. The Balaban J connectivity index is 1.99. The number of carbonyl (C=O) groups is 9. The number of H-pyrrole nitrogens is 1. The number of carboxylic acids is 1. The topological polar surface area (TPSA) is 300 Å². The van der Waals surface area contributed by atoms with Gasteiger partial charge in [-0.1, -0.05) is 67.5 Å². The minimum Gasteiger partial charge on any atom is -0.481 e. The Morgan fingerprint density at radius 1 is 0.864 bits per heavy atom. The molecule has 324 valence electrons. The van der Waals surface area contributed by atoms with E-state index >= 15 is 0 Å². The number of rotatable bonds is 14. The lowest BCUT2D eigenvalue weighted by atomic mass is 10.0. The van der Waals surface area contributed by atoms with Gasteiger partial charge in [0.15, 0.2) is 0 Å². The number of amides is 8. The van der Waals surface area contributed by atoms with Crippen molar-refractivity contribution in [3.8, 4) is 0 Å². The fraction of sp³-hybridized carbons (Fsp3) is 0.553. The Morgan fingerprint density at radius 3 is 2.12 bits per heavy atom. The van der Waals surface area contributed by atoms with Gasteiger partial charge in [-0.25, -0.2) is 0 Å². The van der Waals surface area contributed by atoms with Crippen molar-refractivity contribution in [2.75, 3.05) is 11.5 Å². The number of benzene rings is 1. The average Bonchev–Trinajstić information content (AvgIpc) is 3.56. The molecule has 0 unspecified atom stereocenters. The third-order valence-corrected chi connectivity index (χ3v) is 11.6. The molecule has 1 aliphatic heterocycles. The summed E-state index contributed by atoms with van der Waals surface area (Å²) in [6, 6.07) is 0.400. The van der Waals surface area contributed by atoms with Gasteiger partial charge in [0.05, 0.1) is 0 Å². The molecular formula is C38H55N9O10S2. The van der Waals surface area contributed by atoms with E-state index in [1.165, 1.54) is 13.8 Å². The van der Waals surface area contributed by atoms with E-state index in [0.29, 0.717) is 5.69 Å². The van der Waals surface area contributed by atoms with Crippen molar-refractivity contribution in [1.29, 1.82) is 0 Å². The number of para-hydroxylation sites is 1. The number of aliphatic carboxylic acids is 1. The van der Waals surface area contributed by atoms with Crippen LogP contribution in [0.5, 0.6) is 0 Å². The first kappa shape index (κ1) is 48.1. The minimum absolute atomic E-state index is 0.00142. The highest BCUT2D eigenvalue weighted by atomic mass is 33.1. The largest absolute Gasteiger partial charge is 0.481 e. The van der Waals surface area contributed by atoms with Crippen LogP contribution >= 0.6 is 21.6 Å². The third-order valence-electron chi connectivity index (χ3n) is 9.17. The summed E-state index contributed by atoms with van der Waals surface area (Å²) < 4.78 is 0. The molecule has 1 fully saturated rings. The summed E-state index contributed by atoms with van der Waals surface area (Å²) in [6.45, 7) is 9.56. The SMILES string of the molecule is CC(=O)N[C@H](C(=O)N[C@H]1CSSC[C@@H](C(=O)N[C@@H](Cc2cc3ccccc3[nH]2)C(N)=O)NC(=O)[C@H](CC(C)C)NC(=O)[C@H](CCC(=O)O)NC(=O)[C@H](C)NC1=O)C(C)C. The second-order valence-corrected chi connectivity index (χ2v) is 17.6. The summed E-state index contributed by atoms with van der Waals surface area (Å²) in [4.78, 5) is 121. The number of aromatic amines is 1. The summed E-state index contributed by atoms with van der Waals surface area (Å²) in [5.41, 5.74) is 7.14. The van der Waals surface area contributed by atoms with Crippen molar-refractivity contribution >= 4 is 85.7 Å². The van der Waals surface area contributed by atoms with Crippen molar-refractivity contribution in [2.24, 2.45) is 17.6 Å². The summed E-state index contributed by atoms with van der Waals surface area (Å²) in [5, 5.41) is 28.3. The minimum atomic E-state index is -1.46. The highest BCUT2D eigenvalue weighted by Crippen LogP contribution is 2.24. The number of hydrogen-bond acceptors (Lipinski definition) is 11. The molecule has 59 heavy (non-hydrogen) atoms. The second-order valence-electron chi connectivity index (χ2n) is 15.1. The number of nitrogens with two attached hydrogens (primary N) is 1. The Hall–Kier alpha value is -5.31. The van der Waals surface area contributed by atoms with Gasteiger partial charge in [0.1, 0.15) is 42.3 Å². The maximum absolute atomic E-state index is 13.9. The van der Waals surface area contributed by atoms with Crippen LogP contribution in [0.2, 0.25) is 0 Å². The lowest BCUT2D eigenvalue weighted by Gasteiger charge is -2.27. The molecule has 0 spiro atoms. The van der Waals surface area contributed by atoms with E-state index in [4.69, 9.17) is 5.73 Å². The normalized spacial score (nSPS) is 22.2. The smallest absolute Gasteiger partial charge is 0.303 e. The standard InChI is InChI=1S/C38H55N9O10S2/c1-18(2)13-27-35(54)46-29(37(56)44-26(32(39)51)15-23-14-22-9-7-8-10-24(22)42-23)17-59-58-16-28(47-38(57)31(19(3)4)41-21(6)48)36(55)40-20(5)33(52)43-25(34(53)45-27)11-12-30(49)50/h7-10,14,18-20,25-29,31,42H,11-13,15-17H2,1-6H3,(H2,39,51)(H,40,55)(H,41,48)(H,43,52)(H,44,56)(H,45,53)(H,46,54)(H,47,57)(H,49,50)/t20-,25-,26-,27-,28-,29-,31-/m0/s1. The predicted octanol–water partition coefficient (Wildman–Crippen LogP) is -0.409. The molecule has 7 atom stereocenters. The van der Waals surface area contributed by atoms with Crippen LogP contribution in [0.4, 0.5) is 0 Å². The lowest BCUT2D eigenvalue weighted by molar-refractivity contribution is -0.138. The van der Waals surface area contributed by atoms with E-state index in [1.807, 2.05) is 30.3 Å². The molecule has 2 heterocycles. The fourth-order valence-electron chi connectivity index (χ4n) is 6.03. The summed E-state index contributed by atoms with van der Waals surface area (Å²) in [5.74, 6) is -8.13. The first-order valence-electron chi connectivity index (χ1n) is 19.2. The number of carboxylic acid groups (broad SMARTS) is 1. The molecule has 3 rings (SSSR count). The molecule has 0 saturated carbocycles. The van der Waals surface area contributed by atoms with Crippen LogP contribution in [0.15, 0.2) is 30.3 Å². The molecule has 0 radical (unpaired) electrons. The zero-order valence-corrected chi connectivity index (χ0v) is 35.5. The molecular weight excluding hydrogens is 807 g/mol. The van der Waals surface area contributed by atoms with Crippen LogP contribution in [-0.4, -0.2) is 117 Å². The van der Waals surface area contributed by atoms with Gasteiger partial charge in [-0.2, -0.15) is 0 Å². The van der Waals surface area contributed by atoms with Gasteiger partial charge < -0.3 is 53.0 Å². The first-order valence-corrected chi connectivity index (χ1v) is 21.7. The van der Waals surface area contributed by atoms with Crippen molar-refractivity contribution < 1.29 is 48.3 Å². The molecule has 0 bridgehead atoms. The van der Waals surface area contributed by atoms with Gasteiger partial charge in [0.2, 0.25) is 47.3 Å². The molecule has 0 aliphatic carbocycles. The zero-order chi connectivity index (χ0) is 44.0. The van der Waals surface area contributed by atoms with Gasteiger partial charge in [-0.3, -0.25) is 43.2 Å². The van der Waals surface area contributed by atoms with Crippen LogP contribution in [-0.2, 0) is 49.6 Å². The fourth-order valence-corrected chi connectivity index (χ4v) is 8.36. The zero-order valence-electron chi connectivity index (χ0n) is 33.8. The summed E-state index contributed by atoms with van der Waals surface area (Å²) in [7, 11) is 2.11. The van der Waals surface area contributed by atoms with Gasteiger partial charge >= 0.3 is 5.97 Å². The van der Waals surface area contributed by atoms with Gasteiger partial charge in [0, 0.05) is 42.5 Å². The van der Waals surface area contributed by atoms with E-state index in [0.717, 1.165) is 32.5 Å². The van der Waals surface area contributed by atoms with Crippen LogP contribution < -0.4 is 43.0 Å². The van der Waals surface area contributed by atoms with E-state index in [9.17, 15) is 48.3 Å². The highest BCUT2D eigenvalue weighted by Gasteiger charge is 2.35. The van der Waals surface area contributed by atoms with Crippen LogP contribution in [0, 0.1) is 11.8 Å². The first-order chi connectivity index (χ1) is 27.7. The van der Waals surface area contributed by atoms with Crippen LogP contribution in [0.25, 0.3) is 10.9 Å². The second kappa shape index (κ2) is 22.7. The highest BCUT2D eigenvalue weighted by molar-refractivity contribution is 8.76. The Labute approximate surface area is 349 Å². The van der Waals surface area contributed by atoms with Crippen molar-refractivity contribution in [3.63, 3.8) is 0 Å². The average molecular weight is 862 g/mol. The molecule has 1 aliphatic rings. The Bertz CT molecular complexity index is 1840. The number of nitrogens with one attached hydrogen (secondary N) is 8. The van der Waals surface area contributed by atoms with Gasteiger partial charge in [-0.15, -0.1) is 0 Å². The molecule has 11 N–H and O–H groups in total. The van der Waals surface area contributed by atoms with Gasteiger partial charge in [0.25, 0.3) is 0 Å². The van der Waals surface area contributed by atoms with E-state index in [2.05, 4.69) is 42.2 Å². The monoisotopic (exact) mass is 861 g/mol. The molecule has 1 aromatic heterocycles. The van der Waals surface area contributed by atoms with Crippen LogP contribution in [0.1, 0.15) is 66.5 Å². The molecule has 1 aromatic carbocycles. The van der Waals surface area contributed by atoms with E-state index in [-0.39, 0.29) is 42.6 Å². The maximum Gasteiger partial charge on any atom is 0.303 e. The number of fused-ring (bicyclic) bond motifs is 1. The number of aromatic nitrogens is 1. The molecule has 8 amide bonds. The third kappa shape index (κ3) is 15.4. The van der Waals surface area contributed by atoms with Crippen LogP contribution in [0.3, 0.4) is 0 Å². The maximum atomic E-state index is 13.9. The van der Waals surface area contributed by atoms with Crippen molar-refractivity contribution in [3.05, 3.63) is 36.0 Å². The predicted molar refractivity (Wildman–Crippen MR) is 222 cm³/mol. The lowest BCUT2D eigenvalue weighted by Crippen LogP contribution is -2.60. The van der Waals surface area contributed by atoms with Gasteiger partial charge in [-0.05, 0) is 49.1 Å². The number of hydrogen-bond donors (Lipinski definition) is 10. The molecule has 1 saturated heterocycles. The quantitative estimate of drug-likeness (QED) is 0.109. The van der Waals surface area contributed by atoms with E-state index in [1.54, 1.807) is 27.7 Å². The number of carbonyl (C=O) groups excluding carboxylic acids is 8. The number of primary amides is 1. The Morgan fingerprint density at radius 2 is 1.51 bits per heavy atom. The summed E-state index contributed by atoms with van der Waals surface area (Å²) in [6.07, 6.45) is -0.818. The van der Waals surface area contributed by atoms with Crippen molar-refractivity contribution in [1.82, 2.24) is 42.2 Å². The Kier molecular flexibility index (Phi) is 18.5. The molecule has 2 aromatic rings. The molecule has 19 nitrogen and oxygen atoms in total. The van der Waals surface area contributed by atoms with E-state index < -0.39 is 102 Å². The van der Waals surface area contributed by atoms with Crippen molar-refractivity contribution in [2.45, 2.75) is 110 Å².